The molecule has 0 amide bonds. The summed E-state index contributed by atoms with van der Waals surface area (Å²) in [6.45, 7) is 0. The lowest BCUT2D eigenvalue weighted by molar-refractivity contribution is 1.01. The van der Waals surface area contributed by atoms with E-state index in [1.165, 1.54) is 16.5 Å². The number of nitrogens with zero attached hydrogens (tertiary/aromatic N) is 1. The fourth-order valence-corrected chi connectivity index (χ4v) is 2.27. The summed E-state index contributed by atoms with van der Waals surface area (Å²) in [7, 11) is 0. The van der Waals surface area contributed by atoms with Gasteiger partial charge in [0.05, 0.1) is 5.69 Å². The average Bonchev–Trinajstić information content (AvgIpc) is 2.82. The number of anilines is 1. The molecule has 2 aromatic carbocycles. The second-order valence-electron chi connectivity index (χ2n) is 3.36. The first-order valence-corrected chi connectivity index (χ1v) is 5.68. The fraction of sp³-hybridized carbons (Fsp3) is 0. The van der Waals surface area contributed by atoms with Crippen molar-refractivity contribution in [1.82, 2.24) is 4.83 Å². The molecule has 0 aromatic heterocycles. The van der Waals surface area contributed by atoms with Gasteiger partial charge in [0.25, 0.3) is 0 Å². The highest BCUT2D eigenvalue weighted by atomic mass is 32.2. The zero-order valence-electron chi connectivity index (χ0n) is 8.05. The van der Waals surface area contributed by atoms with E-state index >= 15 is 0 Å². The van der Waals surface area contributed by atoms with Gasteiger partial charge >= 0.3 is 0 Å². The normalized spacial score (nSPS) is 15.1. The van der Waals surface area contributed by atoms with Crippen LogP contribution in [-0.4, -0.2) is 0 Å². The molecule has 15 heavy (non-hydrogen) atoms. The van der Waals surface area contributed by atoms with E-state index in [0.717, 1.165) is 0 Å². The molecule has 0 aliphatic carbocycles. The Bertz CT molecular complexity index is 517. The van der Waals surface area contributed by atoms with E-state index in [2.05, 4.69) is 47.3 Å². The molecule has 2 aromatic rings. The standard InChI is InChI=1S/C12H10N2S/c1-2-6-11-10(4-1)5-3-7-12(11)14-8-9-15-13-14/h1-9,13H. The minimum Gasteiger partial charge on any atom is -0.273 e. The number of benzene rings is 2. The smallest absolute Gasteiger partial charge is 0.0658 e. The number of rotatable bonds is 1. The number of nitrogens with one attached hydrogen (secondary N) is 1. The highest BCUT2D eigenvalue weighted by molar-refractivity contribution is 8.00. The number of hydrogen-bond donors (Lipinski definition) is 1. The molecule has 3 heteroatoms. The van der Waals surface area contributed by atoms with Crippen molar-refractivity contribution >= 4 is 28.4 Å². The Morgan fingerprint density at radius 3 is 2.73 bits per heavy atom. The van der Waals surface area contributed by atoms with Crippen molar-refractivity contribution in [2.45, 2.75) is 0 Å². The molecule has 0 saturated carbocycles. The molecule has 0 fully saturated rings. The lowest BCUT2D eigenvalue weighted by Gasteiger charge is -2.17. The molecular formula is C12H10N2S. The van der Waals surface area contributed by atoms with Crippen molar-refractivity contribution in [3.63, 3.8) is 0 Å². The van der Waals surface area contributed by atoms with Crippen molar-refractivity contribution in [3.05, 3.63) is 54.1 Å². The molecule has 0 radical (unpaired) electrons. The van der Waals surface area contributed by atoms with Crippen LogP contribution in [0.3, 0.4) is 0 Å². The van der Waals surface area contributed by atoms with Crippen LogP contribution in [0.2, 0.25) is 0 Å². The van der Waals surface area contributed by atoms with Crippen LogP contribution in [0.4, 0.5) is 5.69 Å². The molecule has 0 bridgehead atoms. The van der Waals surface area contributed by atoms with Crippen molar-refractivity contribution in [1.29, 1.82) is 0 Å². The first kappa shape index (κ1) is 8.83. The highest BCUT2D eigenvalue weighted by Crippen LogP contribution is 2.28. The Labute approximate surface area is 92.7 Å². The molecule has 74 valence electrons. The Morgan fingerprint density at radius 1 is 1.00 bits per heavy atom. The molecular weight excluding hydrogens is 204 g/mol. The summed E-state index contributed by atoms with van der Waals surface area (Å²) in [5.41, 5.74) is 1.19. The summed E-state index contributed by atoms with van der Waals surface area (Å²) in [5, 5.41) is 6.59. The van der Waals surface area contributed by atoms with Gasteiger partial charge in [0.15, 0.2) is 0 Å². The van der Waals surface area contributed by atoms with Crippen molar-refractivity contribution < 1.29 is 0 Å². The Balaban J connectivity index is 2.21. The quantitative estimate of drug-likeness (QED) is 0.733. The predicted molar refractivity (Wildman–Crippen MR) is 66.3 cm³/mol. The SMILES string of the molecule is C1=CN(c2cccc3ccccc23)NS1. The van der Waals surface area contributed by atoms with Gasteiger partial charge in [-0.15, -0.1) is 0 Å². The molecule has 1 N–H and O–H groups in total. The van der Waals surface area contributed by atoms with Crippen LogP contribution in [0.1, 0.15) is 0 Å². The Kier molecular flexibility index (Phi) is 2.12. The summed E-state index contributed by atoms with van der Waals surface area (Å²) in [6.07, 6.45) is 2.03. The summed E-state index contributed by atoms with van der Waals surface area (Å²) in [6, 6.07) is 14.7. The summed E-state index contributed by atoms with van der Waals surface area (Å²) in [5.74, 6) is 0. The van der Waals surface area contributed by atoms with Crippen LogP contribution >= 0.6 is 11.9 Å². The van der Waals surface area contributed by atoms with Gasteiger partial charge in [-0.05, 0) is 23.4 Å². The second kappa shape index (κ2) is 3.61. The monoisotopic (exact) mass is 214 g/mol. The molecule has 2 nitrogen and oxygen atoms in total. The van der Waals surface area contributed by atoms with E-state index in [9.17, 15) is 0 Å². The van der Waals surface area contributed by atoms with Crippen LogP contribution in [0.25, 0.3) is 10.8 Å². The minimum atomic E-state index is 1.19. The minimum absolute atomic E-state index is 1.19. The average molecular weight is 214 g/mol. The number of hydrazine groups is 1. The van der Waals surface area contributed by atoms with Crippen LogP contribution in [-0.2, 0) is 0 Å². The second-order valence-corrected chi connectivity index (χ2v) is 4.05. The zero-order chi connectivity index (χ0) is 10.1. The van der Waals surface area contributed by atoms with Gasteiger partial charge in [-0.3, -0.25) is 5.01 Å². The molecule has 0 atom stereocenters. The maximum Gasteiger partial charge on any atom is 0.0658 e. The fourth-order valence-electron chi connectivity index (χ4n) is 1.76. The third-order valence-electron chi connectivity index (χ3n) is 2.46. The third-order valence-corrected chi connectivity index (χ3v) is 3.02. The van der Waals surface area contributed by atoms with Gasteiger partial charge in [0, 0.05) is 17.0 Å². The van der Waals surface area contributed by atoms with Crippen molar-refractivity contribution in [3.8, 4) is 0 Å². The number of fused-ring (bicyclic) bond motifs is 1. The Hall–Kier alpha value is -1.45. The first-order valence-electron chi connectivity index (χ1n) is 4.80. The van der Waals surface area contributed by atoms with E-state index < -0.39 is 0 Å². The zero-order valence-corrected chi connectivity index (χ0v) is 8.87. The predicted octanol–water partition coefficient (Wildman–Crippen LogP) is 3.28. The van der Waals surface area contributed by atoms with Gasteiger partial charge in [-0.25, -0.2) is 0 Å². The molecule has 1 aliphatic heterocycles. The number of hydrogen-bond acceptors (Lipinski definition) is 3. The molecule has 1 heterocycles. The van der Waals surface area contributed by atoms with Crippen molar-refractivity contribution in [2.75, 3.05) is 5.01 Å². The van der Waals surface area contributed by atoms with Gasteiger partial charge in [-0.1, -0.05) is 36.4 Å². The molecule has 0 unspecified atom stereocenters. The molecule has 1 aliphatic rings. The maximum atomic E-state index is 3.20. The van der Waals surface area contributed by atoms with Crippen LogP contribution in [0.5, 0.6) is 0 Å². The van der Waals surface area contributed by atoms with E-state index in [1.807, 2.05) is 16.6 Å². The third kappa shape index (κ3) is 1.50. The van der Waals surface area contributed by atoms with E-state index in [-0.39, 0.29) is 0 Å². The summed E-state index contributed by atoms with van der Waals surface area (Å²) in [4.78, 5) is 3.20. The lowest BCUT2D eigenvalue weighted by Crippen LogP contribution is -2.23. The van der Waals surface area contributed by atoms with Crippen molar-refractivity contribution in [2.24, 2.45) is 0 Å². The van der Waals surface area contributed by atoms with E-state index in [0.29, 0.717) is 0 Å². The van der Waals surface area contributed by atoms with E-state index in [1.54, 1.807) is 11.9 Å². The topological polar surface area (TPSA) is 15.3 Å². The van der Waals surface area contributed by atoms with Gasteiger partial charge in [0.1, 0.15) is 0 Å². The van der Waals surface area contributed by atoms with Crippen LogP contribution in [0, 0.1) is 0 Å². The molecule has 3 rings (SSSR count). The van der Waals surface area contributed by atoms with Crippen LogP contribution in [0.15, 0.2) is 54.1 Å². The van der Waals surface area contributed by atoms with Gasteiger partial charge < -0.3 is 0 Å². The van der Waals surface area contributed by atoms with Gasteiger partial charge in [0.2, 0.25) is 0 Å². The van der Waals surface area contributed by atoms with Crippen LogP contribution < -0.4 is 9.84 Å². The maximum absolute atomic E-state index is 3.20. The summed E-state index contributed by atoms with van der Waals surface area (Å²) >= 11 is 1.58. The molecule has 0 spiro atoms. The summed E-state index contributed by atoms with van der Waals surface area (Å²) < 4.78 is 0. The van der Waals surface area contributed by atoms with E-state index in [4.69, 9.17) is 0 Å². The lowest BCUT2D eigenvalue weighted by atomic mass is 10.1. The Morgan fingerprint density at radius 2 is 1.87 bits per heavy atom. The molecule has 0 saturated heterocycles. The largest absolute Gasteiger partial charge is 0.273 e. The van der Waals surface area contributed by atoms with Gasteiger partial charge in [-0.2, -0.15) is 4.83 Å². The first-order chi connectivity index (χ1) is 7.45. The highest BCUT2D eigenvalue weighted by Gasteiger charge is 2.09.